The molecule has 29 heavy (non-hydrogen) atoms. The van der Waals surface area contributed by atoms with E-state index in [1.807, 2.05) is 24.7 Å². The zero-order valence-corrected chi connectivity index (χ0v) is 16.6. The molecule has 4 aromatic rings. The van der Waals surface area contributed by atoms with E-state index in [0.717, 1.165) is 58.5 Å². The van der Waals surface area contributed by atoms with Gasteiger partial charge in [0, 0.05) is 53.8 Å². The number of aromatic amines is 1. The molecule has 0 aliphatic carbocycles. The number of anilines is 1. The zero-order valence-electron chi connectivity index (χ0n) is 15.8. The summed E-state index contributed by atoms with van der Waals surface area (Å²) >= 11 is 1.64. The Bertz CT molecular complexity index is 1170. The molecule has 0 radical (unpaired) electrons. The fraction of sp³-hybridized carbons (Fsp3) is 0.238. The van der Waals surface area contributed by atoms with Gasteiger partial charge in [0.05, 0.1) is 25.2 Å². The van der Waals surface area contributed by atoms with Crippen LogP contribution in [0.25, 0.3) is 32.6 Å². The lowest BCUT2D eigenvalue weighted by atomic mass is 10.0. The molecule has 6 nitrogen and oxygen atoms in total. The van der Waals surface area contributed by atoms with Crippen molar-refractivity contribution in [1.29, 1.82) is 0 Å². The van der Waals surface area contributed by atoms with Gasteiger partial charge in [0.1, 0.15) is 5.65 Å². The first-order valence-corrected chi connectivity index (χ1v) is 10.1. The van der Waals surface area contributed by atoms with E-state index in [9.17, 15) is 4.39 Å². The summed E-state index contributed by atoms with van der Waals surface area (Å²) in [6.45, 7) is 3.16. The summed E-state index contributed by atoms with van der Waals surface area (Å²) < 4.78 is 24.9. The largest absolute Gasteiger partial charge is 0.493 e. The lowest BCUT2D eigenvalue weighted by molar-refractivity contribution is 0.122. The second-order valence-corrected chi connectivity index (χ2v) is 7.76. The van der Waals surface area contributed by atoms with Crippen molar-refractivity contribution in [3.8, 4) is 27.3 Å². The number of hydrogen-bond acceptors (Lipinski definition) is 6. The molecular weight excluding hydrogens is 391 g/mol. The molecule has 0 atom stereocenters. The Labute approximate surface area is 170 Å². The highest BCUT2D eigenvalue weighted by Crippen LogP contribution is 2.38. The molecule has 5 rings (SSSR count). The molecule has 1 aliphatic rings. The van der Waals surface area contributed by atoms with Gasteiger partial charge < -0.3 is 19.4 Å². The number of morpholine rings is 1. The van der Waals surface area contributed by atoms with Gasteiger partial charge >= 0.3 is 0 Å². The number of rotatable bonds is 4. The maximum Gasteiger partial charge on any atom is 0.186 e. The van der Waals surface area contributed by atoms with Gasteiger partial charge in [0.25, 0.3) is 0 Å². The number of hydrogen-bond donors (Lipinski definition) is 1. The van der Waals surface area contributed by atoms with Crippen molar-refractivity contribution in [3.63, 3.8) is 0 Å². The molecule has 0 spiro atoms. The van der Waals surface area contributed by atoms with Crippen molar-refractivity contribution in [2.75, 3.05) is 38.3 Å². The second kappa shape index (κ2) is 7.46. The molecular formula is C21H19FN4O2S. The Morgan fingerprint density at radius 2 is 2.03 bits per heavy atom. The SMILES string of the molecule is COc1c(F)cccc1-c1c[nH]c2ncc(-c3cnc(N4CCOCC4)s3)cc12. The molecule has 0 bridgehead atoms. The quantitative estimate of drug-likeness (QED) is 0.542. The minimum Gasteiger partial charge on any atom is -0.493 e. The van der Waals surface area contributed by atoms with Gasteiger partial charge in [0.15, 0.2) is 16.7 Å². The number of methoxy groups -OCH3 is 1. The molecule has 0 unspecified atom stereocenters. The van der Waals surface area contributed by atoms with E-state index in [4.69, 9.17) is 9.47 Å². The van der Waals surface area contributed by atoms with Crippen LogP contribution in [0.1, 0.15) is 0 Å². The molecule has 0 saturated carbocycles. The molecule has 1 aromatic carbocycles. The molecule has 3 aromatic heterocycles. The number of H-pyrrole nitrogens is 1. The molecule has 1 saturated heterocycles. The summed E-state index contributed by atoms with van der Waals surface area (Å²) in [6.07, 6.45) is 5.56. The molecule has 8 heteroatoms. The summed E-state index contributed by atoms with van der Waals surface area (Å²) in [4.78, 5) is 15.6. The van der Waals surface area contributed by atoms with Crippen LogP contribution in [0.5, 0.6) is 5.75 Å². The third kappa shape index (κ3) is 3.24. The number of nitrogens with zero attached hydrogens (tertiary/aromatic N) is 3. The van der Waals surface area contributed by atoms with E-state index >= 15 is 0 Å². The average Bonchev–Trinajstić information content (AvgIpc) is 3.41. The van der Waals surface area contributed by atoms with Crippen LogP contribution in [-0.2, 0) is 4.74 Å². The van der Waals surface area contributed by atoms with Gasteiger partial charge in [-0.3, -0.25) is 0 Å². The van der Waals surface area contributed by atoms with Crippen LogP contribution in [0.15, 0.2) is 42.9 Å². The third-order valence-corrected chi connectivity index (χ3v) is 6.16. The predicted molar refractivity (Wildman–Crippen MR) is 112 cm³/mol. The van der Waals surface area contributed by atoms with Gasteiger partial charge in [0.2, 0.25) is 0 Å². The van der Waals surface area contributed by atoms with E-state index in [1.54, 1.807) is 17.4 Å². The molecule has 1 N–H and O–H groups in total. The number of para-hydroxylation sites is 1. The normalized spacial score (nSPS) is 14.5. The summed E-state index contributed by atoms with van der Waals surface area (Å²) in [5.41, 5.74) is 3.26. The lowest BCUT2D eigenvalue weighted by Crippen LogP contribution is -2.36. The smallest absolute Gasteiger partial charge is 0.186 e. The Balaban J connectivity index is 1.55. The minimum absolute atomic E-state index is 0.228. The average molecular weight is 410 g/mol. The first-order chi connectivity index (χ1) is 14.2. The fourth-order valence-corrected chi connectivity index (χ4v) is 4.54. The van der Waals surface area contributed by atoms with Gasteiger partial charge in [-0.1, -0.05) is 23.5 Å². The van der Waals surface area contributed by atoms with E-state index in [0.29, 0.717) is 5.56 Å². The number of ether oxygens (including phenoxy) is 2. The summed E-state index contributed by atoms with van der Waals surface area (Å²) in [7, 11) is 1.48. The second-order valence-electron chi connectivity index (χ2n) is 6.75. The highest BCUT2D eigenvalue weighted by molar-refractivity contribution is 7.18. The molecule has 1 fully saturated rings. The Hall–Kier alpha value is -2.97. The van der Waals surface area contributed by atoms with Crippen molar-refractivity contribution in [3.05, 3.63) is 48.7 Å². The number of thiazole rings is 1. The highest BCUT2D eigenvalue weighted by atomic mass is 32.1. The van der Waals surface area contributed by atoms with Crippen molar-refractivity contribution < 1.29 is 13.9 Å². The highest BCUT2D eigenvalue weighted by Gasteiger charge is 2.18. The van der Waals surface area contributed by atoms with Gasteiger partial charge in [-0.2, -0.15) is 0 Å². The third-order valence-electron chi connectivity index (χ3n) is 5.05. The standard InChI is InChI=1S/C21H19FN4O2S/c1-27-19-14(3-2-4-17(19)22)16-11-24-20-15(16)9-13(10-23-20)18-12-25-21(29-18)26-5-7-28-8-6-26/h2-4,9-12H,5-8H2,1H3,(H,23,24). The number of pyridine rings is 1. The van der Waals surface area contributed by atoms with E-state index in [1.165, 1.54) is 13.2 Å². The van der Waals surface area contributed by atoms with Crippen molar-refractivity contribution in [2.45, 2.75) is 0 Å². The summed E-state index contributed by atoms with van der Waals surface area (Å²) in [6, 6.07) is 6.99. The van der Waals surface area contributed by atoms with E-state index in [2.05, 4.69) is 25.9 Å². The molecule has 0 amide bonds. The van der Waals surface area contributed by atoms with Crippen molar-refractivity contribution >= 4 is 27.5 Å². The maximum absolute atomic E-state index is 14.2. The fourth-order valence-electron chi connectivity index (χ4n) is 3.59. The van der Waals surface area contributed by atoms with E-state index in [-0.39, 0.29) is 11.6 Å². The van der Waals surface area contributed by atoms with Crippen molar-refractivity contribution in [2.24, 2.45) is 0 Å². The first kappa shape index (κ1) is 18.1. The monoisotopic (exact) mass is 410 g/mol. The number of fused-ring (bicyclic) bond motifs is 1. The van der Waals surface area contributed by atoms with E-state index < -0.39 is 0 Å². The van der Waals surface area contributed by atoms with Crippen LogP contribution in [0.3, 0.4) is 0 Å². The van der Waals surface area contributed by atoms with Crippen LogP contribution in [0.2, 0.25) is 0 Å². The van der Waals surface area contributed by atoms with Crippen molar-refractivity contribution in [1.82, 2.24) is 15.0 Å². The zero-order chi connectivity index (χ0) is 19.8. The first-order valence-electron chi connectivity index (χ1n) is 9.33. The van der Waals surface area contributed by atoms with Gasteiger partial charge in [-0.05, 0) is 12.1 Å². The van der Waals surface area contributed by atoms with Crippen LogP contribution in [0, 0.1) is 5.82 Å². The Morgan fingerprint density at radius 1 is 1.17 bits per heavy atom. The lowest BCUT2D eigenvalue weighted by Gasteiger charge is -2.25. The molecule has 148 valence electrons. The predicted octanol–water partition coefficient (Wildman–Crippen LogP) is 4.34. The number of aromatic nitrogens is 3. The Morgan fingerprint density at radius 3 is 2.86 bits per heavy atom. The van der Waals surface area contributed by atoms with Gasteiger partial charge in [-0.15, -0.1) is 0 Å². The molecule has 4 heterocycles. The summed E-state index contributed by atoms with van der Waals surface area (Å²) in [5, 5.41) is 1.90. The topological polar surface area (TPSA) is 63.3 Å². The van der Waals surface area contributed by atoms with Crippen LogP contribution in [0.4, 0.5) is 9.52 Å². The number of halogens is 1. The minimum atomic E-state index is -0.388. The Kier molecular flexibility index (Phi) is 4.65. The van der Waals surface area contributed by atoms with Crippen LogP contribution in [-0.4, -0.2) is 48.4 Å². The van der Waals surface area contributed by atoms with Crippen LogP contribution < -0.4 is 9.64 Å². The van der Waals surface area contributed by atoms with Crippen LogP contribution >= 0.6 is 11.3 Å². The number of benzene rings is 1. The number of nitrogens with one attached hydrogen (secondary N) is 1. The molecule has 1 aliphatic heterocycles. The summed E-state index contributed by atoms with van der Waals surface area (Å²) in [5.74, 6) is -0.160. The van der Waals surface area contributed by atoms with Gasteiger partial charge in [-0.25, -0.2) is 14.4 Å². The maximum atomic E-state index is 14.2.